The number of aromatic carboxylic acids is 1. The zero-order valence-corrected chi connectivity index (χ0v) is 6.54. The lowest BCUT2D eigenvalue weighted by molar-refractivity contribution is 0.0697. The predicted octanol–water partition coefficient (Wildman–Crippen LogP) is -0.161. The van der Waals surface area contributed by atoms with Crippen molar-refractivity contribution in [1.29, 1.82) is 0 Å². The number of carboxylic acids is 1. The Kier molecular flexibility index (Phi) is 2.76. The fourth-order valence-electron chi connectivity index (χ4n) is 0.859. The van der Waals surface area contributed by atoms with Crippen molar-refractivity contribution in [3.8, 4) is 0 Å². The van der Waals surface area contributed by atoms with Gasteiger partial charge in [-0.2, -0.15) is 4.91 Å². The van der Waals surface area contributed by atoms with Crippen LogP contribution in [0, 0.1) is 4.91 Å². The van der Waals surface area contributed by atoms with Gasteiger partial charge in [-0.3, -0.25) is 0 Å². The topological polar surface area (TPSA) is 87.0 Å². The molecule has 1 rings (SSSR count). The van der Waals surface area contributed by atoms with Gasteiger partial charge in [-0.05, 0) is 17.6 Å². The Morgan fingerprint density at radius 1 is 1.31 bits per heavy atom. The van der Waals surface area contributed by atoms with Crippen LogP contribution in [0.4, 0.5) is 0 Å². The summed E-state index contributed by atoms with van der Waals surface area (Å²) < 4.78 is 0. The second-order valence-electron chi connectivity index (χ2n) is 2.41. The molecule has 0 saturated carbocycles. The van der Waals surface area contributed by atoms with Gasteiger partial charge in [0.05, 0.1) is 5.56 Å². The van der Waals surface area contributed by atoms with Crippen LogP contribution in [0.15, 0.2) is 29.4 Å². The van der Waals surface area contributed by atoms with E-state index in [0.717, 1.165) is 0 Å². The fourth-order valence-corrected chi connectivity index (χ4v) is 0.859. The first-order chi connectivity index (χ1) is 6.15. The third-order valence-electron chi connectivity index (χ3n) is 1.56. The van der Waals surface area contributed by atoms with Crippen LogP contribution in [-0.4, -0.2) is 23.2 Å². The fraction of sp³-hybridized carbons (Fsp3) is 0. The van der Waals surface area contributed by atoms with Crippen LogP contribution in [0.25, 0.3) is 0 Å². The second kappa shape index (κ2) is 3.82. The largest absolute Gasteiger partial charge is 0.517 e. The Bertz CT molecular complexity index is 324. The molecule has 66 valence electrons. The highest BCUT2D eigenvalue weighted by Crippen LogP contribution is 1.97. The van der Waals surface area contributed by atoms with E-state index in [1.807, 2.05) is 0 Å². The first-order valence-electron chi connectivity index (χ1n) is 3.49. The van der Waals surface area contributed by atoms with E-state index in [4.69, 9.17) is 10.1 Å². The molecule has 0 radical (unpaired) electrons. The van der Waals surface area contributed by atoms with Gasteiger partial charge in [0.25, 0.3) is 0 Å². The van der Waals surface area contributed by atoms with Crippen molar-refractivity contribution in [1.82, 2.24) is 0 Å². The maximum atomic E-state index is 10.4. The summed E-state index contributed by atoms with van der Waals surface area (Å²) in [6, 6.07) is 5.28. The number of carboxylic acid groups (broad SMARTS) is 1. The first kappa shape index (κ1) is 9.40. The normalized spacial score (nSPS) is 9.31. The predicted molar refractivity (Wildman–Crippen MR) is 46.8 cm³/mol. The minimum Gasteiger partial charge on any atom is -0.478 e. The van der Waals surface area contributed by atoms with Crippen LogP contribution in [0.1, 0.15) is 10.4 Å². The van der Waals surface area contributed by atoms with Gasteiger partial charge in [-0.1, -0.05) is 17.2 Å². The minimum absolute atomic E-state index is 0.0989. The number of rotatable bonds is 3. The van der Waals surface area contributed by atoms with Gasteiger partial charge in [0.15, 0.2) is 0 Å². The molecular weight excluding hydrogens is 173 g/mol. The van der Waals surface area contributed by atoms with Gasteiger partial charge in [0.2, 0.25) is 0 Å². The Balaban J connectivity index is 2.93. The van der Waals surface area contributed by atoms with E-state index < -0.39 is 13.0 Å². The summed E-state index contributed by atoms with van der Waals surface area (Å²) >= 11 is 0. The third-order valence-corrected chi connectivity index (χ3v) is 1.56. The average molecular weight is 179 g/mol. The molecule has 5 nitrogen and oxygen atoms in total. The number of benzene rings is 1. The molecule has 6 heteroatoms. The van der Waals surface area contributed by atoms with E-state index in [1.54, 1.807) is 0 Å². The van der Waals surface area contributed by atoms with Crippen molar-refractivity contribution in [2.24, 2.45) is 5.09 Å². The highest BCUT2D eigenvalue weighted by Gasteiger charge is 2.15. The standard InChI is InChI=1S/C7H6BNO4/c10-7(11)5-1-3-6(4-2-5)8(12)9-13/h1-4,12H,(H,10,11). The average Bonchev–Trinajstić information content (AvgIpc) is 2.17. The van der Waals surface area contributed by atoms with Gasteiger partial charge in [-0.15, -0.1) is 0 Å². The van der Waals surface area contributed by atoms with Crippen molar-refractivity contribution < 1.29 is 14.9 Å². The maximum Gasteiger partial charge on any atom is 0.517 e. The molecular formula is C7H6BNO4. The van der Waals surface area contributed by atoms with E-state index in [0.29, 0.717) is 0 Å². The highest BCUT2D eigenvalue weighted by atomic mass is 16.4. The molecule has 0 aliphatic carbocycles. The summed E-state index contributed by atoms with van der Waals surface area (Å²) in [7, 11) is -1.43. The third kappa shape index (κ3) is 2.13. The molecule has 0 saturated heterocycles. The van der Waals surface area contributed by atoms with Crippen LogP contribution < -0.4 is 5.46 Å². The van der Waals surface area contributed by atoms with Gasteiger partial charge in [-0.25, -0.2) is 4.79 Å². The lowest BCUT2D eigenvalue weighted by Crippen LogP contribution is -2.27. The molecule has 0 atom stereocenters. The van der Waals surface area contributed by atoms with Crippen molar-refractivity contribution in [2.75, 3.05) is 0 Å². The van der Waals surface area contributed by atoms with Gasteiger partial charge in [0.1, 0.15) is 0 Å². The van der Waals surface area contributed by atoms with Gasteiger partial charge >= 0.3 is 13.0 Å². The maximum absolute atomic E-state index is 10.4. The van der Waals surface area contributed by atoms with Crippen LogP contribution in [0.3, 0.4) is 0 Å². The second-order valence-corrected chi connectivity index (χ2v) is 2.41. The first-order valence-corrected chi connectivity index (χ1v) is 3.49. The van der Waals surface area contributed by atoms with E-state index in [1.165, 1.54) is 24.3 Å². The number of nitroso groups, excluding NO2 is 1. The van der Waals surface area contributed by atoms with Crippen LogP contribution in [0.5, 0.6) is 0 Å². The van der Waals surface area contributed by atoms with E-state index in [9.17, 15) is 9.70 Å². The zero-order valence-electron chi connectivity index (χ0n) is 6.54. The molecule has 0 unspecified atom stereocenters. The molecule has 0 aliphatic rings. The lowest BCUT2D eigenvalue weighted by atomic mass is 9.76. The van der Waals surface area contributed by atoms with Gasteiger partial charge in [0, 0.05) is 0 Å². The van der Waals surface area contributed by atoms with Gasteiger partial charge < -0.3 is 10.1 Å². The van der Waals surface area contributed by atoms with Crippen molar-refractivity contribution in [2.45, 2.75) is 0 Å². The summed E-state index contributed by atoms with van der Waals surface area (Å²) in [5, 5.41) is 19.8. The number of nitrogens with zero attached hydrogens (tertiary/aromatic N) is 1. The summed E-state index contributed by atoms with van der Waals surface area (Å²) in [5.41, 5.74) is 0.377. The Labute approximate surface area is 74.1 Å². The Hall–Kier alpha value is -1.69. The molecule has 0 fully saturated rings. The SMILES string of the molecule is O=NB(O)c1ccc(C(=O)O)cc1. The summed E-state index contributed by atoms with van der Waals surface area (Å²) in [6.07, 6.45) is 0. The molecule has 0 aliphatic heterocycles. The van der Waals surface area contributed by atoms with Crippen LogP contribution in [-0.2, 0) is 0 Å². The molecule has 2 N–H and O–H groups in total. The molecule has 13 heavy (non-hydrogen) atoms. The molecule has 1 aromatic rings. The zero-order chi connectivity index (χ0) is 9.84. The smallest absolute Gasteiger partial charge is 0.478 e. The summed E-state index contributed by atoms with van der Waals surface area (Å²) in [5.74, 6) is -1.06. The number of hydrogen-bond donors (Lipinski definition) is 2. The molecule has 1 aromatic carbocycles. The van der Waals surface area contributed by atoms with Crippen molar-refractivity contribution in [3.63, 3.8) is 0 Å². The van der Waals surface area contributed by atoms with E-state index in [2.05, 4.69) is 5.09 Å². The summed E-state index contributed by atoms with van der Waals surface area (Å²) in [4.78, 5) is 20.3. The van der Waals surface area contributed by atoms with Crippen LogP contribution >= 0.6 is 0 Å². The van der Waals surface area contributed by atoms with Crippen molar-refractivity contribution in [3.05, 3.63) is 34.7 Å². The molecule has 0 spiro atoms. The monoisotopic (exact) mass is 179 g/mol. The molecule has 0 bridgehead atoms. The van der Waals surface area contributed by atoms with E-state index in [-0.39, 0.29) is 11.0 Å². The quantitative estimate of drug-likeness (QED) is 0.498. The Morgan fingerprint density at radius 2 is 1.85 bits per heavy atom. The van der Waals surface area contributed by atoms with Crippen molar-refractivity contribution >= 4 is 18.5 Å². The van der Waals surface area contributed by atoms with Crippen LogP contribution in [0.2, 0.25) is 0 Å². The molecule has 0 amide bonds. The summed E-state index contributed by atoms with van der Waals surface area (Å²) in [6.45, 7) is 0. The number of carbonyl (C=O) groups is 1. The molecule has 0 heterocycles. The molecule has 0 aromatic heterocycles. The van der Waals surface area contributed by atoms with E-state index >= 15 is 0 Å². The number of hydrogen-bond acceptors (Lipinski definition) is 4. The minimum atomic E-state index is -1.43. The highest BCUT2D eigenvalue weighted by molar-refractivity contribution is 6.64. The lowest BCUT2D eigenvalue weighted by Gasteiger charge is -1.97. The Morgan fingerprint density at radius 3 is 2.23 bits per heavy atom.